The predicted molar refractivity (Wildman–Crippen MR) is 78.9 cm³/mol. The average molecular weight is 263 g/mol. The second kappa shape index (κ2) is 4.78. The molecule has 0 aliphatic heterocycles. The van der Waals surface area contributed by atoms with E-state index in [1.54, 1.807) is 19.2 Å². The van der Waals surface area contributed by atoms with Gasteiger partial charge >= 0.3 is 5.97 Å². The van der Waals surface area contributed by atoms with Gasteiger partial charge in [0.05, 0.1) is 5.56 Å². The number of fused-ring (bicyclic) bond motifs is 1. The zero-order valence-corrected chi connectivity index (χ0v) is 11.0. The zero-order chi connectivity index (χ0) is 14.1. The SMILES string of the molecule is Cc1ccc(-c2cccc3ccncc23)cc1C(=O)O. The molecular formula is C17H13NO2. The van der Waals surface area contributed by atoms with Crippen LogP contribution in [-0.4, -0.2) is 16.1 Å². The van der Waals surface area contributed by atoms with Crippen LogP contribution in [0.25, 0.3) is 21.9 Å². The van der Waals surface area contributed by atoms with Gasteiger partial charge in [-0.1, -0.05) is 30.3 Å². The minimum Gasteiger partial charge on any atom is -0.478 e. The standard InChI is InChI=1S/C17H13NO2/c1-11-5-6-13(9-15(11)17(19)20)14-4-2-3-12-7-8-18-10-16(12)14/h2-10H,1H3,(H,19,20). The van der Waals surface area contributed by atoms with Crippen molar-refractivity contribution in [1.29, 1.82) is 0 Å². The summed E-state index contributed by atoms with van der Waals surface area (Å²) in [6.07, 6.45) is 3.56. The van der Waals surface area contributed by atoms with Gasteiger partial charge in [0.25, 0.3) is 0 Å². The van der Waals surface area contributed by atoms with E-state index in [0.717, 1.165) is 27.5 Å². The highest BCUT2D eigenvalue weighted by molar-refractivity contribution is 5.98. The van der Waals surface area contributed by atoms with Crippen molar-refractivity contribution in [1.82, 2.24) is 4.98 Å². The highest BCUT2D eigenvalue weighted by atomic mass is 16.4. The highest BCUT2D eigenvalue weighted by Crippen LogP contribution is 2.29. The molecule has 0 bridgehead atoms. The van der Waals surface area contributed by atoms with Crippen LogP contribution in [0.5, 0.6) is 0 Å². The molecule has 0 aliphatic rings. The predicted octanol–water partition coefficient (Wildman–Crippen LogP) is 3.91. The number of hydrogen-bond donors (Lipinski definition) is 1. The van der Waals surface area contributed by atoms with E-state index in [2.05, 4.69) is 4.98 Å². The minimum atomic E-state index is -0.900. The molecule has 1 N–H and O–H groups in total. The number of aryl methyl sites for hydroxylation is 1. The third kappa shape index (κ3) is 2.03. The Morgan fingerprint density at radius 1 is 1.15 bits per heavy atom. The van der Waals surface area contributed by atoms with Crippen LogP contribution in [-0.2, 0) is 0 Å². The lowest BCUT2D eigenvalue weighted by Gasteiger charge is -2.09. The first-order chi connectivity index (χ1) is 9.66. The maximum absolute atomic E-state index is 11.3. The summed E-state index contributed by atoms with van der Waals surface area (Å²) < 4.78 is 0. The lowest BCUT2D eigenvalue weighted by molar-refractivity contribution is 0.0696. The highest BCUT2D eigenvalue weighted by Gasteiger charge is 2.10. The second-order valence-corrected chi connectivity index (χ2v) is 4.74. The zero-order valence-electron chi connectivity index (χ0n) is 11.0. The number of carboxylic acid groups (broad SMARTS) is 1. The molecule has 0 fully saturated rings. The van der Waals surface area contributed by atoms with Crippen molar-refractivity contribution in [2.45, 2.75) is 6.92 Å². The molecule has 98 valence electrons. The third-order valence-electron chi connectivity index (χ3n) is 3.46. The summed E-state index contributed by atoms with van der Waals surface area (Å²) in [6.45, 7) is 1.80. The molecule has 20 heavy (non-hydrogen) atoms. The van der Waals surface area contributed by atoms with Crippen LogP contribution >= 0.6 is 0 Å². The number of nitrogens with zero attached hydrogens (tertiary/aromatic N) is 1. The van der Waals surface area contributed by atoms with E-state index in [9.17, 15) is 9.90 Å². The van der Waals surface area contributed by atoms with E-state index in [-0.39, 0.29) is 0 Å². The summed E-state index contributed by atoms with van der Waals surface area (Å²) in [5.74, 6) is -0.900. The van der Waals surface area contributed by atoms with Crippen LogP contribution < -0.4 is 0 Å². The van der Waals surface area contributed by atoms with Crippen LogP contribution in [0.1, 0.15) is 15.9 Å². The van der Waals surface area contributed by atoms with E-state index in [0.29, 0.717) is 5.56 Å². The molecule has 3 rings (SSSR count). The van der Waals surface area contributed by atoms with Crippen molar-refractivity contribution in [2.24, 2.45) is 0 Å². The molecule has 0 amide bonds. The number of rotatable bonds is 2. The van der Waals surface area contributed by atoms with Gasteiger partial charge in [-0.05, 0) is 41.1 Å². The maximum atomic E-state index is 11.3. The van der Waals surface area contributed by atoms with Crippen molar-refractivity contribution in [2.75, 3.05) is 0 Å². The molecule has 0 atom stereocenters. The molecule has 0 aliphatic carbocycles. The smallest absolute Gasteiger partial charge is 0.335 e. The molecule has 1 heterocycles. The first-order valence-electron chi connectivity index (χ1n) is 6.34. The Kier molecular flexibility index (Phi) is 2.95. The van der Waals surface area contributed by atoms with Gasteiger partial charge in [-0.25, -0.2) is 4.79 Å². The number of hydrogen-bond acceptors (Lipinski definition) is 2. The summed E-state index contributed by atoms with van der Waals surface area (Å²) >= 11 is 0. The fraction of sp³-hybridized carbons (Fsp3) is 0.0588. The van der Waals surface area contributed by atoms with Crippen molar-refractivity contribution in [3.05, 3.63) is 66.0 Å². The van der Waals surface area contributed by atoms with Crippen LogP contribution in [0.4, 0.5) is 0 Å². The summed E-state index contributed by atoms with van der Waals surface area (Å²) in [7, 11) is 0. The minimum absolute atomic E-state index is 0.336. The molecule has 0 unspecified atom stereocenters. The van der Waals surface area contributed by atoms with Crippen LogP contribution in [0.3, 0.4) is 0 Å². The molecule has 0 spiro atoms. The first kappa shape index (κ1) is 12.4. The molecule has 3 aromatic rings. The average Bonchev–Trinajstić information content (AvgIpc) is 2.47. The number of pyridine rings is 1. The molecule has 1 aromatic heterocycles. The van der Waals surface area contributed by atoms with Gasteiger partial charge in [-0.2, -0.15) is 0 Å². The molecule has 3 nitrogen and oxygen atoms in total. The Bertz CT molecular complexity index is 804. The number of aromatic nitrogens is 1. The van der Waals surface area contributed by atoms with E-state index in [1.807, 2.05) is 42.6 Å². The van der Waals surface area contributed by atoms with E-state index in [4.69, 9.17) is 0 Å². The van der Waals surface area contributed by atoms with Crippen LogP contribution in [0, 0.1) is 6.92 Å². The molecule has 2 aromatic carbocycles. The van der Waals surface area contributed by atoms with Crippen molar-refractivity contribution >= 4 is 16.7 Å². The monoisotopic (exact) mass is 263 g/mol. The molecule has 0 saturated carbocycles. The Hall–Kier alpha value is -2.68. The van der Waals surface area contributed by atoms with Gasteiger partial charge in [-0.3, -0.25) is 4.98 Å². The Labute approximate surface area is 116 Å². The number of carbonyl (C=O) groups is 1. The topological polar surface area (TPSA) is 50.2 Å². The number of benzene rings is 2. The van der Waals surface area contributed by atoms with E-state index >= 15 is 0 Å². The van der Waals surface area contributed by atoms with Crippen molar-refractivity contribution in [3.8, 4) is 11.1 Å². The van der Waals surface area contributed by atoms with Crippen LogP contribution in [0.15, 0.2) is 54.9 Å². The third-order valence-corrected chi connectivity index (χ3v) is 3.46. The van der Waals surface area contributed by atoms with E-state index < -0.39 is 5.97 Å². The quantitative estimate of drug-likeness (QED) is 0.762. The van der Waals surface area contributed by atoms with Crippen molar-refractivity contribution < 1.29 is 9.90 Å². The van der Waals surface area contributed by atoms with Crippen LogP contribution in [0.2, 0.25) is 0 Å². The fourth-order valence-corrected chi connectivity index (χ4v) is 2.39. The van der Waals surface area contributed by atoms with Gasteiger partial charge < -0.3 is 5.11 Å². The Morgan fingerprint density at radius 2 is 2.00 bits per heavy atom. The largest absolute Gasteiger partial charge is 0.478 e. The van der Waals surface area contributed by atoms with Gasteiger partial charge in [0, 0.05) is 17.8 Å². The lowest BCUT2D eigenvalue weighted by Crippen LogP contribution is -1.99. The van der Waals surface area contributed by atoms with Crippen molar-refractivity contribution in [3.63, 3.8) is 0 Å². The molecule has 3 heteroatoms. The molecular weight excluding hydrogens is 250 g/mol. The molecule has 0 saturated heterocycles. The Morgan fingerprint density at radius 3 is 2.80 bits per heavy atom. The Balaban J connectivity index is 2.26. The first-order valence-corrected chi connectivity index (χ1v) is 6.34. The summed E-state index contributed by atoms with van der Waals surface area (Å²) in [5, 5.41) is 11.4. The number of carboxylic acids is 1. The fourth-order valence-electron chi connectivity index (χ4n) is 2.39. The van der Waals surface area contributed by atoms with Gasteiger partial charge in [0.15, 0.2) is 0 Å². The second-order valence-electron chi connectivity index (χ2n) is 4.74. The summed E-state index contributed by atoms with van der Waals surface area (Å²) in [4.78, 5) is 15.4. The van der Waals surface area contributed by atoms with E-state index in [1.165, 1.54) is 0 Å². The summed E-state index contributed by atoms with van der Waals surface area (Å²) in [5.41, 5.74) is 2.99. The van der Waals surface area contributed by atoms with Gasteiger partial charge in [-0.15, -0.1) is 0 Å². The summed E-state index contributed by atoms with van der Waals surface area (Å²) in [6, 6.07) is 13.4. The maximum Gasteiger partial charge on any atom is 0.335 e. The lowest BCUT2D eigenvalue weighted by atomic mass is 9.96. The van der Waals surface area contributed by atoms with Gasteiger partial charge in [0.1, 0.15) is 0 Å². The number of aromatic carboxylic acids is 1. The van der Waals surface area contributed by atoms with Gasteiger partial charge in [0.2, 0.25) is 0 Å². The normalized spacial score (nSPS) is 10.7. The molecule has 0 radical (unpaired) electrons.